The van der Waals surface area contributed by atoms with Gasteiger partial charge in [0.1, 0.15) is 0 Å². The third-order valence-electron chi connectivity index (χ3n) is 0.471. The average Bonchev–Trinajstić information content (AvgIpc) is 1.61. The lowest BCUT2D eigenvalue weighted by molar-refractivity contribution is 0.400. The summed E-state index contributed by atoms with van der Waals surface area (Å²) in [5.74, 6) is 0. The molecule has 5 heteroatoms. The normalized spacial score (nSPS) is 10.3. The Labute approximate surface area is 43.8 Å². The molecule has 0 aromatic carbocycles. The Balaban J connectivity index is 2.68. The summed E-state index contributed by atoms with van der Waals surface area (Å²) in [6.45, 7) is 0.310. The Morgan fingerprint density at radius 2 is 2.14 bits per heavy atom. The molecule has 7 heavy (non-hydrogen) atoms. The second-order valence-corrected chi connectivity index (χ2v) is 2.51. The zero-order valence-corrected chi connectivity index (χ0v) is 5.12. The minimum Gasteiger partial charge on any atom is -0.412 e. The van der Waals surface area contributed by atoms with Gasteiger partial charge in [0, 0.05) is 12.8 Å². The van der Waals surface area contributed by atoms with Gasteiger partial charge in [0.15, 0.2) is 0 Å². The quantitative estimate of drug-likeness (QED) is 0.241. The highest BCUT2D eigenvalue weighted by Gasteiger charge is 1.96. The van der Waals surface area contributed by atoms with Gasteiger partial charge in [-0.2, -0.15) is 0 Å². The SMILES string of the molecule is NCNC[SiH](O)O. The molecule has 0 radical (unpaired) electrons. The first-order valence-corrected chi connectivity index (χ1v) is 3.89. The van der Waals surface area contributed by atoms with Gasteiger partial charge in [-0.1, -0.05) is 0 Å². The molecule has 0 spiro atoms. The zero-order chi connectivity index (χ0) is 5.70. The van der Waals surface area contributed by atoms with Gasteiger partial charge in [0.05, 0.1) is 0 Å². The van der Waals surface area contributed by atoms with E-state index in [9.17, 15) is 0 Å². The second-order valence-electron chi connectivity index (χ2n) is 1.14. The van der Waals surface area contributed by atoms with E-state index in [-0.39, 0.29) is 6.17 Å². The lowest BCUT2D eigenvalue weighted by Gasteiger charge is -1.97. The maximum Gasteiger partial charge on any atom is 0.330 e. The molecule has 5 N–H and O–H groups in total. The Morgan fingerprint density at radius 1 is 1.57 bits per heavy atom. The summed E-state index contributed by atoms with van der Waals surface area (Å²) in [7, 11) is -2.38. The van der Waals surface area contributed by atoms with Crippen molar-refractivity contribution in [3.63, 3.8) is 0 Å². The highest BCUT2D eigenvalue weighted by Crippen LogP contribution is 1.58. The van der Waals surface area contributed by atoms with Crippen LogP contribution in [0.4, 0.5) is 0 Å². The van der Waals surface area contributed by atoms with Crippen LogP contribution in [0.3, 0.4) is 0 Å². The molecular weight excluding hydrogens is 112 g/mol. The predicted octanol–water partition coefficient (Wildman–Crippen LogP) is -2.76. The van der Waals surface area contributed by atoms with Crippen molar-refractivity contribution in [3.8, 4) is 0 Å². The second kappa shape index (κ2) is 4.22. The van der Waals surface area contributed by atoms with E-state index in [2.05, 4.69) is 5.32 Å². The van der Waals surface area contributed by atoms with Crippen LogP contribution in [0.1, 0.15) is 0 Å². The van der Waals surface area contributed by atoms with Crippen molar-refractivity contribution in [1.29, 1.82) is 0 Å². The number of nitrogens with two attached hydrogens (primary N) is 1. The van der Waals surface area contributed by atoms with E-state index >= 15 is 0 Å². The molecule has 0 aliphatic rings. The van der Waals surface area contributed by atoms with E-state index in [1.165, 1.54) is 0 Å². The summed E-state index contributed by atoms with van der Waals surface area (Å²) in [6, 6.07) is 0. The van der Waals surface area contributed by atoms with Gasteiger partial charge in [-0.05, 0) is 0 Å². The van der Waals surface area contributed by atoms with E-state index in [1.54, 1.807) is 0 Å². The van der Waals surface area contributed by atoms with Crippen molar-refractivity contribution in [3.05, 3.63) is 0 Å². The first-order chi connectivity index (χ1) is 3.27. The summed E-state index contributed by atoms with van der Waals surface area (Å²) in [5.41, 5.74) is 4.97. The van der Waals surface area contributed by atoms with E-state index in [0.717, 1.165) is 0 Å². The van der Waals surface area contributed by atoms with Crippen LogP contribution in [0.5, 0.6) is 0 Å². The third kappa shape index (κ3) is 6.06. The van der Waals surface area contributed by atoms with Gasteiger partial charge < -0.3 is 20.6 Å². The molecule has 0 atom stereocenters. The lowest BCUT2D eigenvalue weighted by atomic mass is 11.1. The molecule has 44 valence electrons. The van der Waals surface area contributed by atoms with Crippen LogP contribution < -0.4 is 11.1 Å². The number of rotatable bonds is 3. The van der Waals surface area contributed by atoms with Gasteiger partial charge in [-0.25, -0.2) is 0 Å². The highest BCUT2D eigenvalue weighted by atomic mass is 28.3. The van der Waals surface area contributed by atoms with E-state index < -0.39 is 9.28 Å². The molecule has 0 aliphatic carbocycles. The largest absolute Gasteiger partial charge is 0.412 e. The molecule has 0 rings (SSSR count). The van der Waals surface area contributed by atoms with Crippen LogP contribution >= 0.6 is 0 Å². The molecule has 0 heterocycles. The summed E-state index contributed by atoms with van der Waals surface area (Å²) in [4.78, 5) is 16.5. The molecule has 0 saturated carbocycles. The molecule has 0 amide bonds. The molecule has 0 bridgehead atoms. The van der Waals surface area contributed by atoms with Gasteiger partial charge in [-0.15, -0.1) is 0 Å². The standard InChI is InChI=1S/C2H10N2O2Si/c3-1-4-2-7(5)6/h4-7H,1-3H2. The summed E-state index contributed by atoms with van der Waals surface area (Å²) in [5, 5.41) is 2.59. The van der Waals surface area contributed by atoms with Crippen molar-refractivity contribution in [2.24, 2.45) is 5.73 Å². The zero-order valence-electron chi connectivity index (χ0n) is 3.96. The van der Waals surface area contributed by atoms with Gasteiger partial charge in [0.2, 0.25) is 0 Å². The van der Waals surface area contributed by atoms with Crippen molar-refractivity contribution in [2.75, 3.05) is 12.8 Å². The van der Waals surface area contributed by atoms with Gasteiger partial charge >= 0.3 is 9.28 Å². The van der Waals surface area contributed by atoms with Crippen molar-refractivity contribution in [1.82, 2.24) is 5.32 Å². The highest BCUT2D eigenvalue weighted by molar-refractivity contribution is 6.41. The Kier molecular flexibility index (Phi) is 4.26. The Bertz CT molecular complexity index is 42.7. The van der Waals surface area contributed by atoms with Crippen LogP contribution in [0.2, 0.25) is 0 Å². The molecule has 0 aromatic rings. The smallest absolute Gasteiger partial charge is 0.330 e. The maximum atomic E-state index is 8.26. The first kappa shape index (κ1) is 7.06. The topological polar surface area (TPSA) is 78.5 Å². The van der Waals surface area contributed by atoms with Crippen molar-refractivity contribution in [2.45, 2.75) is 0 Å². The minimum absolute atomic E-state index is 0.274. The average molecular weight is 122 g/mol. The van der Waals surface area contributed by atoms with Crippen LogP contribution in [-0.4, -0.2) is 31.7 Å². The molecule has 0 aliphatic heterocycles. The van der Waals surface area contributed by atoms with E-state index in [0.29, 0.717) is 6.67 Å². The lowest BCUT2D eigenvalue weighted by Crippen LogP contribution is -2.34. The van der Waals surface area contributed by atoms with Gasteiger partial charge in [0.25, 0.3) is 0 Å². The molecule has 0 fully saturated rings. The molecule has 0 saturated heterocycles. The van der Waals surface area contributed by atoms with Gasteiger partial charge in [-0.3, -0.25) is 0 Å². The third-order valence-corrected chi connectivity index (χ3v) is 1.13. The van der Waals surface area contributed by atoms with Crippen LogP contribution in [-0.2, 0) is 0 Å². The predicted molar refractivity (Wildman–Crippen MR) is 28.6 cm³/mol. The minimum atomic E-state index is -2.38. The van der Waals surface area contributed by atoms with Crippen LogP contribution in [0.15, 0.2) is 0 Å². The number of hydrogen-bond acceptors (Lipinski definition) is 4. The fourth-order valence-corrected chi connectivity index (χ4v) is 0.637. The fraction of sp³-hybridized carbons (Fsp3) is 1.00. The van der Waals surface area contributed by atoms with E-state index in [1.807, 2.05) is 0 Å². The Hall–Kier alpha value is 0.0569. The fourth-order valence-electron chi connectivity index (χ4n) is 0.212. The van der Waals surface area contributed by atoms with Crippen LogP contribution in [0.25, 0.3) is 0 Å². The van der Waals surface area contributed by atoms with Crippen molar-refractivity contribution >= 4 is 9.28 Å². The number of nitrogens with one attached hydrogen (secondary N) is 1. The first-order valence-electron chi connectivity index (χ1n) is 2.04. The van der Waals surface area contributed by atoms with Crippen molar-refractivity contribution < 1.29 is 9.59 Å². The monoisotopic (exact) mass is 122 g/mol. The maximum absolute atomic E-state index is 8.26. The summed E-state index contributed by atoms with van der Waals surface area (Å²) < 4.78 is 0. The summed E-state index contributed by atoms with van der Waals surface area (Å²) in [6.07, 6.45) is 0.274. The number of hydrogen-bond donors (Lipinski definition) is 4. The van der Waals surface area contributed by atoms with Crippen LogP contribution in [0, 0.1) is 0 Å². The molecule has 0 unspecified atom stereocenters. The molecule has 0 aromatic heterocycles. The summed E-state index contributed by atoms with van der Waals surface area (Å²) >= 11 is 0. The Morgan fingerprint density at radius 3 is 2.29 bits per heavy atom. The molecule has 4 nitrogen and oxygen atoms in total. The molecular formula is C2H10N2O2Si. The van der Waals surface area contributed by atoms with E-state index in [4.69, 9.17) is 15.3 Å².